The van der Waals surface area contributed by atoms with Crippen molar-refractivity contribution in [2.24, 2.45) is 5.73 Å². The van der Waals surface area contributed by atoms with E-state index in [4.69, 9.17) is 10.5 Å². The lowest BCUT2D eigenvalue weighted by Crippen LogP contribution is -1.95. The molecule has 0 aliphatic rings. The van der Waals surface area contributed by atoms with E-state index in [1.807, 2.05) is 25.3 Å². The van der Waals surface area contributed by atoms with Crippen molar-refractivity contribution in [1.82, 2.24) is 9.38 Å². The third-order valence-corrected chi connectivity index (χ3v) is 4.16. The highest BCUT2D eigenvalue weighted by molar-refractivity contribution is 7.17. The third kappa shape index (κ3) is 2.19. The topological polar surface area (TPSA) is 52.5 Å². The average molecular weight is 287 g/mol. The summed E-state index contributed by atoms with van der Waals surface area (Å²) in [4.78, 5) is 6.76. The van der Waals surface area contributed by atoms with E-state index in [1.165, 1.54) is 10.6 Å². The monoisotopic (exact) mass is 287 g/mol. The van der Waals surface area contributed by atoms with Crippen molar-refractivity contribution in [1.29, 1.82) is 0 Å². The number of benzene rings is 1. The van der Waals surface area contributed by atoms with E-state index in [1.54, 1.807) is 11.3 Å². The molecule has 0 spiro atoms. The molecule has 4 nitrogen and oxygen atoms in total. The predicted octanol–water partition coefficient (Wildman–Crippen LogP) is 3.23. The molecule has 0 saturated heterocycles. The number of rotatable bonds is 4. The minimum Gasteiger partial charge on any atom is -0.494 e. The predicted molar refractivity (Wildman–Crippen MR) is 82.3 cm³/mol. The maximum Gasteiger partial charge on any atom is 0.194 e. The Labute approximate surface area is 121 Å². The van der Waals surface area contributed by atoms with Crippen molar-refractivity contribution in [3.05, 3.63) is 41.0 Å². The standard InChI is InChI=1S/C15H17N3OS/c1-3-19-13-6-4-11(5-7-13)14-10(2)20-15-17-12(8-16)9-18(14)15/h4-7,9H,3,8,16H2,1-2H3. The van der Waals surface area contributed by atoms with Crippen LogP contribution in [0.1, 0.15) is 17.5 Å². The van der Waals surface area contributed by atoms with Crippen LogP contribution >= 0.6 is 11.3 Å². The summed E-state index contributed by atoms with van der Waals surface area (Å²) in [7, 11) is 0. The molecule has 0 fully saturated rings. The molecule has 1 aromatic carbocycles. The second kappa shape index (κ2) is 5.26. The first kappa shape index (κ1) is 13.1. The van der Waals surface area contributed by atoms with Crippen LogP contribution < -0.4 is 10.5 Å². The van der Waals surface area contributed by atoms with Gasteiger partial charge in [0.15, 0.2) is 4.96 Å². The van der Waals surface area contributed by atoms with E-state index in [-0.39, 0.29) is 0 Å². The van der Waals surface area contributed by atoms with Crippen LogP contribution in [0.3, 0.4) is 0 Å². The number of thiazole rings is 1. The molecule has 0 bridgehead atoms. The van der Waals surface area contributed by atoms with Gasteiger partial charge in [-0.25, -0.2) is 4.98 Å². The summed E-state index contributed by atoms with van der Waals surface area (Å²) in [5.41, 5.74) is 8.93. The largest absolute Gasteiger partial charge is 0.494 e. The van der Waals surface area contributed by atoms with Gasteiger partial charge in [-0.15, -0.1) is 11.3 Å². The fraction of sp³-hybridized carbons (Fsp3) is 0.267. The van der Waals surface area contributed by atoms with E-state index in [0.29, 0.717) is 13.2 Å². The quantitative estimate of drug-likeness (QED) is 0.801. The summed E-state index contributed by atoms with van der Waals surface area (Å²) in [6.45, 7) is 5.26. The highest BCUT2D eigenvalue weighted by Gasteiger charge is 2.13. The van der Waals surface area contributed by atoms with Crippen molar-refractivity contribution in [3.63, 3.8) is 0 Å². The zero-order chi connectivity index (χ0) is 14.1. The Morgan fingerprint density at radius 3 is 2.70 bits per heavy atom. The molecule has 0 atom stereocenters. The maximum absolute atomic E-state index is 5.67. The number of aryl methyl sites for hydroxylation is 1. The molecule has 0 unspecified atom stereocenters. The number of hydrogen-bond acceptors (Lipinski definition) is 4. The molecule has 2 heterocycles. The van der Waals surface area contributed by atoms with Gasteiger partial charge in [0.1, 0.15) is 5.75 Å². The lowest BCUT2D eigenvalue weighted by molar-refractivity contribution is 0.340. The Morgan fingerprint density at radius 2 is 2.05 bits per heavy atom. The lowest BCUT2D eigenvalue weighted by atomic mass is 10.1. The summed E-state index contributed by atoms with van der Waals surface area (Å²) in [5, 5.41) is 0. The Kier molecular flexibility index (Phi) is 3.46. The number of hydrogen-bond donors (Lipinski definition) is 1. The van der Waals surface area contributed by atoms with Gasteiger partial charge >= 0.3 is 0 Å². The molecule has 104 valence electrons. The van der Waals surface area contributed by atoms with Crippen molar-refractivity contribution in [2.75, 3.05) is 6.61 Å². The first-order chi connectivity index (χ1) is 9.72. The smallest absolute Gasteiger partial charge is 0.194 e. The van der Waals surface area contributed by atoms with Gasteiger partial charge in [-0.05, 0) is 43.7 Å². The van der Waals surface area contributed by atoms with Gasteiger partial charge in [0, 0.05) is 17.6 Å². The first-order valence-electron chi connectivity index (χ1n) is 6.63. The van der Waals surface area contributed by atoms with Crippen molar-refractivity contribution < 1.29 is 4.74 Å². The summed E-state index contributed by atoms with van der Waals surface area (Å²) in [6, 6.07) is 8.17. The summed E-state index contributed by atoms with van der Waals surface area (Å²) in [6.07, 6.45) is 2.02. The van der Waals surface area contributed by atoms with Crippen molar-refractivity contribution in [3.8, 4) is 17.0 Å². The lowest BCUT2D eigenvalue weighted by Gasteiger charge is -2.05. The number of ether oxygens (including phenoxy) is 1. The van der Waals surface area contributed by atoms with Gasteiger partial charge < -0.3 is 10.5 Å². The van der Waals surface area contributed by atoms with Gasteiger partial charge in [-0.3, -0.25) is 4.40 Å². The minimum atomic E-state index is 0.468. The number of nitrogens with zero attached hydrogens (tertiary/aromatic N) is 2. The molecule has 20 heavy (non-hydrogen) atoms. The van der Waals surface area contributed by atoms with Crippen LogP contribution in [0.4, 0.5) is 0 Å². The van der Waals surface area contributed by atoms with Crippen LogP contribution in [-0.4, -0.2) is 16.0 Å². The molecule has 0 radical (unpaired) electrons. The normalized spacial score (nSPS) is 11.2. The summed E-state index contributed by atoms with van der Waals surface area (Å²) in [5.74, 6) is 0.897. The number of aromatic nitrogens is 2. The molecular formula is C15H17N3OS. The van der Waals surface area contributed by atoms with Crippen LogP contribution in [0.2, 0.25) is 0 Å². The molecular weight excluding hydrogens is 270 g/mol. The molecule has 3 rings (SSSR count). The zero-order valence-corrected chi connectivity index (χ0v) is 12.4. The van der Waals surface area contributed by atoms with E-state index >= 15 is 0 Å². The van der Waals surface area contributed by atoms with E-state index in [0.717, 1.165) is 22.0 Å². The van der Waals surface area contributed by atoms with Crippen LogP contribution in [0.25, 0.3) is 16.2 Å². The molecule has 0 amide bonds. The molecule has 2 aromatic heterocycles. The number of nitrogens with two attached hydrogens (primary N) is 1. The number of imidazole rings is 1. The van der Waals surface area contributed by atoms with Gasteiger partial charge in [0.25, 0.3) is 0 Å². The fourth-order valence-corrected chi connectivity index (χ4v) is 3.31. The Bertz CT molecular complexity index is 727. The molecule has 5 heteroatoms. The summed E-state index contributed by atoms with van der Waals surface area (Å²) < 4.78 is 7.61. The van der Waals surface area contributed by atoms with Gasteiger partial charge in [0.2, 0.25) is 0 Å². The van der Waals surface area contributed by atoms with Crippen LogP contribution in [0.5, 0.6) is 5.75 Å². The molecule has 0 saturated carbocycles. The zero-order valence-electron chi connectivity index (χ0n) is 11.6. The Hall–Kier alpha value is -1.85. The van der Waals surface area contributed by atoms with Gasteiger partial charge in [-0.2, -0.15) is 0 Å². The minimum absolute atomic E-state index is 0.468. The second-order valence-corrected chi connectivity index (χ2v) is 5.73. The van der Waals surface area contributed by atoms with E-state index in [9.17, 15) is 0 Å². The highest BCUT2D eigenvalue weighted by atomic mass is 32.1. The van der Waals surface area contributed by atoms with Gasteiger partial charge in [0.05, 0.1) is 18.0 Å². The number of fused-ring (bicyclic) bond motifs is 1. The van der Waals surface area contributed by atoms with Gasteiger partial charge in [-0.1, -0.05) is 0 Å². The fourth-order valence-electron chi connectivity index (χ4n) is 2.31. The van der Waals surface area contributed by atoms with Crippen molar-refractivity contribution >= 4 is 16.3 Å². The Balaban J connectivity index is 2.07. The van der Waals surface area contributed by atoms with Crippen LogP contribution in [0, 0.1) is 6.92 Å². The van der Waals surface area contributed by atoms with E-state index in [2.05, 4.69) is 28.4 Å². The maximum atomic E-state index is 5.67. The second-order valence-electron chi connectivity index (χ2n) is 4.55. The third-order valence-electron chi connectivity index (χ3n) is 3.19. The SMILES string of the molecule is CCOc1ccc(-c2c(C)sc3nc(CN)cn23)cc1. The molecule has 3 aromatic rings. The molecule has 2 N–H and O–H groups in total. The Morgan fingerprint density at radius 1 is 1.30 bits per heavy atom. The van der Waals surface area contributed by atoms with Crippen LogP contribution in [0.15, 0.2) is 30.5 Å². The molecule has 0 aliphatic carbocycles. The van der Waals surface area contributed by atoms with E-state index < -0.39 is 0 Å². The molecule has 0 aliphatic heterocycles. The average Bonchev–Trinajstić information content (AvgIpc) is 2.96. The van der Waals surface area contributed by atoms with Crippen molar-refractivity contribution in [2.45, 2.75) is 20.4 Å². The summed E-state index contributed by atoms with van der Waals surface area (Å²) >= 11 is 1.69. The van der Waals surface area contributed by atoms with Crippen LogP contribution in [-0.2, 0) is 6.54 Å². The highest BCUT2D eigenvalue weighted by Crippen LogP contribution is 2.32. The first-order valence-corrected chi connectivity index (χ1v) is 7.45.